The van der Waals surface area contributed by atoms with Gasteiger partial charge in [-0.05, 0) is 24.6 Å². The Morgan fingerprint density at radius 3 is 2.61 bits per heavy atom. The van der Waals surface area contributed by atoms with Gasteiger partial charge >= 0.3 is 0 Å². The first-order valence-electron chi connectivity index (χ1n) is 10.1. The molecule has 0 amide bonds. The Bertz CT molecular complexity index is 1330. The fraction of sp³-hybridized carbons (Fsp3) is 0.217. The van der Waals surface area contributed by atoms with E-state index < -0.39 is 0 Å². The highest BCUT2D eigenvalue weighted by Crippen LogP contribution is 2.41. The molecule has 170 valence electrons. The molecule has 33 heavy (non-hydrogen) atoms. The number of nitro groups is 1. The Labute approximate surface area is 209 Å². The van der Waals surface area contributed by atoms with E-state index in [4.69, 9.17) is 28.2 Å². The summed E-state index contributed by atoms with van der Waals surface area (Å²) >= 11 is 15.6. The van der Waals surface area contributed by atoms with Gasteiger partial charge in [-0.25, -0.2) is 9.67 Å². The number of hydrogen-bond acceptors (Lipinski definition) is 6. The van der Waals surface area contributed by atoms with Crippen LogP contribution >= 0.6 is 46.3 Å². The number of hydrogen-bond donors (Lipinski definition) is 0. The maximum Gasteiger partial charge on any atom is 0.272 e. The smallest absolute Gasteiger partial charge is 0.258 e. The molecule has 4 rings (SSSR count). The number of thioether (sulfide) groups is 1. The number of aryl methyl sites for hydroxylation is 1. The zero-order valence-electron chi connectivity index (χ0n) is 18.1. The van der Waals surface area contributed by atoms with E-state index in [9.17, 15) is 10.1 Å². The molecule has 0 unspecified atom stereocenters. The Balaban J connectivity index is 1.72. The Hall–Kier alpha value is -2.39. The van der Waals surface area contributed by atoms with E-state index >= 15 is 0 Å². The minimum Gasteiger partial charge on any atom is -0.258 e. The van der Waals surface area contributed by atoms with Crippen molar-refractivity contribution in [2.45, 2.75) is 36.7 Å². The lowest BCUT2D eigenvalue weighted by atomic mass is 10.0. The van der Waals surface area contributed by atoms with Crippen LogP contribution in [0.3, 0.4) is 0 Å². The summed E-state index contributed by atoms with van der Waals surface area (Å²) in [7, 11) is 0. The van der Waals surface area contributed by atoms with Gasteiger partial charge in [-0.15, -0.1) is 11.8 Å². The Morgan fingerprint density at radius 2 is 1.91 bits per heavy atom. The topological polar surface area (TPSA) is 73.8 Å². The van der Waals surface area contributed by atoms with E-state index in [0.29, 0.717) is 27.3 Å². The molecule has 0 bridgehead atoms. The predicted molar refractivity (Wildman–Crippen MR) is 136 cm³/mol. The number of thiazole rings is 1. The molecule has 0 radical (unpaired) electrons. The minimum absolute atomic E-state index is 0.108. The van der Waals surface area contributed by atoms with Crippen LogP contribution in [0.4, 0.5) is 5.69 Å². The lowest BCUT2D eigenvalue weighted by molar-refractivity contribution is -0.385. The summed E-state index contributed by atoms with van der Waals surface area (Å²) in [6.07, 6.45) is 2.31. The third kappa shape index (κ3) is 5.24. The molecular formula is C23H20Cl2N4O2S2. The number of aromatic nitrogens is 3. The molecule has 0 spiro atoms. The second-order valence-corrected chi connectivity index (χ2v) is 11.3. The van der Waals surface area contributed by atoms with E-state index in [1.54, 1.807) is 46.0 Å². The van der Waals surface area contributed by atoms with Gasteiger partial charge in [-0.1, -0.05) is 72.7 Å². The molecule has 2 heterocycles. The summed E-state index contributed by atoms with van der Waals surface area (Å²) in [5.41, 5.74) is 4.19. The average Bonchev–Trinajstić information content (AvgIpc) is 3.33. The van der Waals surface area contributed by atoms with E-state index in [0.717, 1.165) is 31.9 Å². The average molecular weight is 519 g/mol. The summed E-state index contributed by atoms with van der Waals surface area (Å²) in [5, 5.41) is 18.1. The van der Waals surface area contributed by atoms with Gasteiger partial charge in [0.2, 0.25) is 5.13 Å². The normalized spacial score (nSPS) is 11.3. The van der Waals surface area contributed by atoms with Crippen LogP contribution < -0.4 is 0 Å². The second kappa shape index (κ2) is 9.85. The third-order valence-electron chi connectivity index (χ3n) is 4.89. The van der Waals surface area contributed by atoms with Gasteiger partial charge in [0, 0.05) is 35.1 Å². The molecule has 0 fully saturated rings. The number of nitro benzene ring substituents is 1. The number of para-hydroxylation sites is 1. The van der Waals surface area contributed by atoms with Crippen LogP contribution in [0.2, 0.25) is 10.0 Å². The first-order chi connectivity index (χ1) is 15.7. The van der Waals surface area contributed by atoms with Crippen LogP contribution in [-0.2, 0) is 6.42 Å². The van der Waals surface area contributed by atoms with Crippen molar-refractivity contribution >= 4 is 52.0 Å². The molecule has 2 aromatic carbocycles. The van der Waals surface area contributed by atoms with Crippen LogP contribution in [0.25, 0.3) is 16.4 Å². The third-order valence-corrected chi connectivity index (χ3v) is 7.88. The van der Waals surface area contributed by atoms with E-state index in [-0.39, 0.29) is 10.6 Å². The largest absolute Gasteiger partial charge is 0.272 e. The van der Waals surface area contributed by atoms with Gasteiger partial charge < -0.3 is 0 Å². The maximum atomic E-state index is 11.4. The van der Waals surface area contributed by atoms with Crippen LogP contribution in [0.1, 0.15) is 30.7 Å². The van der Waals surface area contributed by atoms with Gasteiger partial charge in [0.15, 0.2) is 0 Å². The van der Waals surface area contributed by atoms with E-state index in [1.165, 1.54) is 6.07 Å². The monoisotopic (exact) mass is 518 g/mol. The standard InChI is InChI=1S/C23H20Cl2N4O2S2/c1-13(2)32-22-21(16-8-9-18(24)19(25)11-16)26-23(33-22)28-12-17(14(3)27-28)10-15-6-4-5-7-20(15)29(30)31/h4-9,11-13H,10H2,1-3H3. The lowest BCUT2D eigenvalue weighted by Crippen LogP contribution is -1.96. The fourth-order valence-electron chi connectivity index (χ4n) is 3.32. The van der Waals surface area contributed by atoms with Crippen LogP contribution in [0, 0.1) is 17.0 Å². The maximum absolute atomic E-state index is 11.4. The molecule has 0 aliphatic carbocycles. The van der Waals surface area contributed by atoms with Gasteiger partial charge in [0.1, 0.15) is 0 Å². The Morgan fingerprint density at radius 1 is 1.15 bits per heavy atom. The highest BCUT2D eigenvalue weighted by Gasteiger charge is 2.20. The second-order valence-electron chi connectivity index (χ2n) is 7.67. The van der Waals surface area contributed by atoms with Crippen LogP contribution in [-0.4, -0.2) is 24.9 Å². The molecule has 0 saturated carbocycles. The van der Waals surface area contributed by atoms with Gasteiger partial charge in [0.25, 0.3) is 5.69 Å². The van der Waals surface area contributed by atoms with Crippen molar-refractivity contribution in [3.8, 4) is 16.4 Å². The first kappa shape index (κ1) is 23.8. The molecule has 0 atom stereocenters. The quantitative estimate of drug-likeness (QED) is 0.143. The molecule has 0 N–H and O–H groups in total. The van der Waals surface area contributed by atoms with E-state index in [2.05, 4.69) is 18.9 Å². The molecule has 0 saturated heterocycles. The van der Waals surface area contributed by atoms with Crippen LogP contribution in [0.15, 0.2) is 52.9 Å². The fourth-order valence-corrected chi connectivity index (χ4v) is 6.07. The zero-order chi connectivity index (χ0) is 23.7. The number of nitrogens with zero attached hydrogens (tertiary/aromatic N) is 4. The van der Waals surface area contributed by atoms with Crippen molar-refractivity contribution in [3.05, 3.63) is 85.6 Å². The summed E-state index contributed by atoms with van der Waals surface area (Å²) < 4.78 is 2.81. The highest BCUT2D eigenvalue weighted by molar-refractivity contribution is 8.01. The van der Waals surface area contributed by atoms with Crippen molar-refractivity contribution in [2.75, 3.05) is 0 Å². The number of rotatable bonds is 7. The first-order valence-corrected chi connectivity index (χ1v) is 12.6. The number of benzene rings is 2. The molecule has 10 heteroatoms. The molecule has 2 aromatic heterocycles. The number of halogens is 2. The van der Waals surface area contributed by atoms with Crippen molar-refractivity contribution in [2.24, 2.45) is 0 Å². The van der Waals surface area contributed by atoms with Crippen molar-refractivity contribution in [3.63, 3.8) is 0 Å². The predicted octanol–water partition coefficient (Wildman–Crippen LogP) is 7.61. The highest BCUT2D eigenvalue weighted by atomic mass is 35.5. The van der Waals surface area contributed by atoms with E-state index in [1.807, 2.05) is 31.3 Å². The Kier molecular flexibility index (Phi) is 7.09. The molecule has 0 aliphatic heterocycles. The molecular weight excluding hydrogens is 499 g/mol. The lowest BCUT2D eigenvalue weighted by Gasteiger charge is -2.05. The summed E-state index contributed by atoms with van der Waals surface area (Å²) in [6.45, 7) is 6.16. The van der Waals surface area contributed by atoms with Crippen molar-refractivity contribution < 1.29 is 4.92 Å². The molecule has 4 aromatic rings. The van der Waals surface area contributed by atoms with Crippen molar-refractivity contribution in [1.82, 2.24) is 14.8 Å². The molecule has 0 aliphatic rings. The van der Waals surface area contributed by atoms with Gasteiger partial charge in [-0.2, -0.15) is 5.10 Å². The summed E-state index contributed by atoms with van der Waals surface area (Å²) in [6, 6.07) is 12.3. The minimum atomic E-state index is -0.352. The van der Waals surface area contributed by atoms with Crippen LogP contribution in [0.5, 0.6) is 0 Å². The summed E-state index contributed by atoms with van der Waals surface area (Å²) in [4.78, 5) is 15.9. The van der Waals surface area contributed by atoms with Crippen molar-refractivity contribution in [1.29, 1.82) is 0 Å². The molecule has 6 nitrogen and oxygen atoms in total. The summed E-state index contributed by atoms with van der Waals surface area (Å²) in [5.74, 6) is 0. The zero-order valence-corrected chi connectivity index (χ0v) is 21.2. The van der Waals surface area contributed by atoms with Gasteiger partial charge in [0.05, 0.1) is 30.6 Å². The van der Waals surface area contributed by atoms with Gasteiger partial charge in [-0.3, -0.25) is 10.1 Å². The SMILES string of the molecule is Cc1nn(-c2nc(-c3ccc(Cl)c(Cl)c3)c(SC(C)C)s2)cc1Cc1ccccc1[N+](=O)[O-].